The molecule has 1 atom stereocenters. The molecule has 1 aliphatic rings. The van der Waals surface area contributed by atoms with Gasteiger partial charge in [0.1, 0.15) is 11.9 Å². The minimum Gasteiger partial charge on any atom is -0.342 e. The number of nitriles is 1. The van der Waals surface area contributed by atoms with Crippen LogP contribution in [0.1, 0.15) is 30.2 Å². The van der Waals surface area contributed by atoms with E-state index < -0.39 is 11.9 Å². The van der Waals surface area contributed by atoms with E-state index in [-0.39, 0.29) is 12.5 Å². The second-order valence-electron chi connectivity index (χ2n) is 6.95. The number of carbonyl (C=O) groups excluding carboxylic acids is 1. The SMILES string of the molecule is CCN(CC)C(=O)C1Sc2ccccc2-c2c1c1cc(C#N)ccc1n2CCF. The van der Waals surface area contributed by atoms with E-state index in [1.165, 1.54) is 0 Å². The minimum atomic E-state index is -0.500. The van der Waals surface area contributed by atoms with Gasteiger partial charge in [0.25, 0.3) is 0 Å². The topological polar surface area (TPSA) is 49.0 Å². The Balaban J connectivity index is 2.06. The van der Waals surface area contributed by atoms with Crippen molar-refractivity contribution < 1.29 is 9.18 Å². The Morgan fingerprint density at radius 2 is 2.00 bits per heavy atom. The van der Waals surface area contributed by atoms with Crippen LogP contribution < -0.4 is 0 Å². The van der Waals surface area contributed by atoms with E-state index in [9.17, 15) is 14.4 Å². The first-order chi connectivity index (χ1) is 14.1. The third-order valence-electron chi connectivity index (χ3n) is 5.49. The van der Waals surface area contributed by atoms with E-state index >= 15 is 0 Å². The van der Waals surface area contributed by atoms with Gasteiger partial charge < -0.3 is 9.47 Å². The maximum Gasteiger partial charge on any atom is 0.240 e. The summed E-state index contributed by atoms with van der Waals surface area (Å²) >= 11 is 1.55. The van der Waals surface area contributed by atoms with Gasteiger partial charge in [-0.25, -0.2) is 4.39 Å². The maximum atomic E-state index is 13.5. The first kappa shape index (κ1) is 19.5. The highest BCUT2D eigenvalue weighted by Gasteiger charge is 2.37. The number of amides is 1. The van der Waals surface area contributed by atoms with E-state index in [0.717, 1.165) is 32.6 Å². The first-order valence-electron chi connectivity index (χ1n) is 9.81. The number of thioether (sulfide) groups is 1. The van der Waals surface area contributed by atoms with E-state index in [1.807, 2.05) is 59.7 Å². The average molecular weight is 408 g/mol. The van der Waals surface area contributed by atoms with E-state index in [0.29, 0.717) is 18.7 Å². The number of halogens is 1. The smallest absolute Gasteiger partial charge is 0.240 e. The van der Waals surface area contributed by atoms with Crippen molar-refractivity contribution in [2.75, 3.05) is 19.8 Å². The van der Waals surface area contributed by atoms with Crippen molar-refractivity contribution in [3.05, 3.63) is 53.6 Å². The van der Waals surface area contributed by atoms with E-state index in [1.54, 1.807) is 17.8 Å². The van der Waals surface area contributed by atoms with Crippen molar-refractivity contribution in [2.24, 2.45) is 0 Å². The molecule has 4 nitrogen and oxygen atoms in total. The Morgan fingerprint density at radius 3 is 2.69 bits per heavy atom. The molecule has 2 heterocycles. The third-order valence-corrected chi connectivity index (χ3v) is 6.77. The predicted octanol–water partition coefficient (Wildman–Crippen LogP) is 5.16. The summed E-state index contributed by atoms with van der Waals surface area (Å²) in [7, 11) is 0. The normalized spacial score (nSPS) is 14.9. The standard InChI is InChI=1S/C23H22FN3OS/c1-3-26(4-2)23(28)22-20-17-13-15(14-25)9-10-18(17)27(12-11-24)21(20)16-7-5-6-8-19(16)29-22/h5-10,13,22H,3-4,11-12H2,1-2H3. The molecule has 0 saturated heterocycles. The van der Waals surface area contributed by atoms with Crippen molar-refractivity contribution in [3.8, 4) is 17.3 Å². The molecule has 3 aromatic rings. The van der Waals surface area contributed by atoms with Crippen LogP contribution in [0.3, 0.4) is 0 Å². The lowest BCUT2D eigenvalue weighted by Crippen LogP contribution is -2.34. The zero-order valence-electron chi connectivity index (χ0n) is 16.5. The number of aromatic nitrogens is 1. The summed E-state index contributed by atoms with van der Waals surface area (Å²) in [5.74, 6) is 0.0532. The number of carbonyl (C=O) groups is 1. The molecule has 1 aliphatic heterocycles. The monoisotopic (exact) mass is 407 g/mol. The van der Waals surface area contributed by atoms with Crippen LogP contribution in [0.2, 0.25) is 0 Å². The molecule has 0 radical (unpaired) electrons. The van der Waals surface area contributed by atoms with Gasteiger partial charge in [-0.15, -0.1) is 11.8 Å². The number of aryl methyl sites for hydroxylation is 1. The molecular formula is C23H22FN3OS. The fraction of sp³-hybridized carbons (Fsp3) is 0.304. The van der Waals surface area contributed by atoms with Crippen molar-refractivity contribution in [3.63, 3.8) is 0 Å². The van der Waals surface area contributed by atoms with Crippen LogP contribution in [0.4, 0.5) is 4.39 Å². The zero-order chi connectivity index (χ0) is 20.5. The van der Waals surface area contributed by atoms with Crippen molar-refractivity contribution in [1.82, 2.24) is 9.47 Å². The van der Waals surface area contributed by atoms with Crippen LogP contribution in [0.5, 0.6) is 0 Å². The first-order valence-corrected chi connectivity index (χ1v) is 10.7. The summed E-state index contributed by atoms with van der Waals surface area (Å²) in [6.45, 7) is 4.93. The van der Waals surface area contributed by atoms with Crippen LogP contribution in [0.25, 0.3) is 22.2 Å². The Labute approximate surface area is 173 Å². The molecule has 1 unspecified atom stereocenters. The summed E-state index contributed by atoms with van der Waals surface area (Å²) in [4.78, 5) is 16.3. The Morgan fingerprint density at radius 1 is 1.24 bits per heavy atom. The Hall–Kier alpha value is -2.78. The molecule has 0 N–H and O–H groups in total. The summed E-state index contributed by atoms with van der Waals surface area (Å²) in [5, 5.41) is 9.85. The highest BCUT2D eigenvalue weighted by atomic mass is 32.2. The molecule has 6 heteroatoms. The molecule has 4 rings (SSSR count). The maximum absolute atomic E-state index is 13.5. The van der Waals surface area contributed by atoms with Gasteiger partial charge in [0, 0.05) is 40.0 Å². The highest BCUT2D eigenvalue weighted by Crippen LogP contribution is 2.53. The van der Waals surface area contributed by atoms with Gasteiger partial charge in [-0.2, -0.15) is 5.26 Å². The van der Waals surface area contributed by atoms with Crippen LogP contribution in [0.15, 0.2) is 47.4 Å². The molecule has 148 valence electrons. The highest BCUT2D eigenvalue weighted by molar-refractivity contribution is 8.00. The molecule has 0 spiro atoms. The molecule has 0 bridgehead atoms. The Bertz CT molecular complexity index is 1130. The van der Waals surface area contributed by atoms with Gasteiger partial charge >= 0.3 is 0 Å². The molecule has 1 aromatic heterocycles. The summed E-state index contributed by atoms with van der Waals surface area (Å²) in [5.41, 5.74) is 4.20. The second kappa shape index (κ2) is 7.92. The fourth-order valence-corrected chi connectivity index (χ4v) is 5.46. The number of hydrogen-bond donors (Lipinski definition) is 0. The van der Waals surface area contributed by atoms with E-state index in [4.69, 9.17) is 0 Å². The van der Waals surface area contributed by atoms with Gasteiger partial charge in [0.05, 0.1) is 23.9 Å². The number of benzene rings is 2. The number of hydrogen-bond acceptors (Lipinski definition) is 3. The van der Waals surface area contributed by atoms with Crippen molar-refractivity contribution in [2.45, 2.75) is 30.5 Å². The molecule has 1 amide bonds. The average Bonchev–Trinajstić information content (AvgIpc) is 3.08. The molecule has 29 heavy (non-hydrogen) atoms. The quantitative estimate of drug-likeness (QED) is 0.587. The fourth-order valence-electron chi connectivity index (χ4n) is 4.15. The number of alkyl halides is 1. The van der Waals surface area contributed by atoms with Gasteiger partial charge in [-0.3, -0.25) is 4.79 Å². The van der Waals surface area contributed by atoms with Crippen molar-refractivity contribution >= 4 is 28.6 Å². The lowest BCUT2D eigenvalue weighted by molar-refractivity contribution is -0.130. The summed E-state index contributed by atoms with van der Waals surface area (Å²) in [6, 6.07) is 15.6. The van der Waals surface area contributed by atoms with Crippen LogP contribution in [0, 0.1) is 11.3 Å². The molecule has 2 aromatic carbocycles. The van der Waals surface area contributed by atoms with Crippen molar-refractivity contribution in [1.29, 1.82) is 5.26 Å². The van der Waals surface area contributed by atoms with Gasteiger partial charge in [0.15, 0.2) is 0 Å². The molecule has 0 fully saturated rings. The second-order valence-corrected chi connectivity index (χ2v) is 8.10. The molecular weight excluding hydrogens is 385 g/mol. The largest absolute Gasteiger partial charge is 0.342 e. The molecule has 0 aliphatic carbocycles. The molecule has 0 saturated carbocycles. The van der Waals surface area contributed by atoms with Gasteiger partial charge in [-0.05, 0) is 38.1 Å². The van der Waals surface area contributed by atoms with Gasteiger partial charge in [-0.1, -0.05) is 18.2 Å². The number of fused-ring (bicyclic) bond motifs is 5. The summed E-state index contributed by atoms with van der Waals surface area (Å²) < 4.78 is 15.5. The predicted molar refractivity (Wildman–Crippen MR) is 115 cm³/mol. The summed E-state index contributed by atoms with van der Waals surface area (Å²) in [6.07, 6.45) is 0. The lowest BCUT2D eigenvalue weighted by Gasteiger charge is -2.29. The van der Waals surface area contributed by atoms with Crippen LogP contribution in [-0.4, -0.2) is 35.1 Å². The zero-order valence-corrected chi connectivity index (χ0v) is 17.3. The number of likely N-dealkylation sites (N-methyl/N-ethyl adjacent to an activating group) is 1. The van der Waals surface area contributed by atoms with Crippen LogP contribution in [-0.2, 0) is 11.3 Å². The number of nitrogens with zero attached hydrogens (tertiary/aromatic N) is 3. The van der Waals surface area contributed by atoms with Crippen LogP contribution >= 0.6 is 11.8 Å². The van der Waals surface area contributed by atoms with Gasteiger partial charge in [0.2, 0.25) is 5.91 Å². The number of rotatable bonds is 5. The lowest BCUT2D eigenvalue weighted by atomic mass is 9.99. The van der Waals surface area contributed by atoms with E-state index in [2.05, 4.69) is 6.07 Å². The minimum absolute atomic E-state index is 0.0532. The Kier molecular flexibility index (Phi) is 5.33. The third kappa shape index (κ3) is 3.10.